The molecule has 3 N–H and O–H groups in total. The topological polar surface area (TPSA) is 113 Å². The molecule has 1 atom stereocenters. The van der Waals surface area contributed by atoms with Crippen molar-refractivity contribution in [3.8, 4) is 0 Å². The molecule has 8 nitrogen and oxygen atoms in total. The zero-order valence-corrected chi connectivity index (χ0v) is 15.8. The Bertz CT molecular complexity index is 910. The summed E-state index contributed by atoms with van der Waals surface area (Å²) in [7, 11) is 0. The van der Waals surface area contributed by atoms with E-state index in [1.165, 1.54) is 4.57 Å². The van der Waals surface area contributed by atoms with E-state index in [4.69, 9.17) is 5.11 Å². The van der Waals surface area contributed by atoms with Gasteiger partial charge in [-0.05, 0) is 38.3 Å². The normalized spacial score (nSPS) is 14.7. The number of aromatic nitrogens is 2. The van der Waals surface area contributed by atoms with E-state index >= 15 is 0 Å². The molecule has 0 bridgehead atoms. The molecule has 9 heteroatoms. The number of amides is 3. The largest absolute Gasteiger partial charge is 0.396 e. The number of nitrogens with zero attached hydrogens (tertiary/aromatic N) is 2. The summed E-state index contributed by atoms with van der Waals surface area (Å²) in [5.41, 5.74) is 0.333. The average Bonchev–Trinajstić information content (AvgIpc) is 3.45. The summed E-state index contributed by atoms with van der Waals surface area (Å²) < 4.78 is 1.47. The Labute approximate surface area is 160 Å². The van der Waals surface area contributed by atoms with Gasteiger partial charge in [0.05, 0.1) is 16.2 Å². The fourth-order valence-electron chi connectivity index (χ4n) is 2.54. The molecule has 27 heavy (non-hydrogen) atoms. The van der Waals surface area contributed by atoms with Gasteiger partial charge in [0.2, 0.25) is 5.91 Å². The quantitative estimate of drug-likeness (QED) is 0.484. The number of aliphatic hydroxyl groups excluding tert-OH is 1. The second-order valence-corrected chi connectivity index (χ2v) is 7.75. The summed E-state index contributed by atoms with van der Waals surface area (Å²) >= 11 is 1.11. The van der Waals surface area contributed by atoms with Crippen molar-refractivity contribution in [1.29, 1.82) is 0 Å². The maximum Gasteiger partial charge on any atom is 0.321 e. The van der Waals surface area contributed by atoms with Gasteiger partial charge >= 0.3 is 6.03 Å². The Morgan fingerprint density at radius 1 is 1.37 bits per heavy atom. The van der Waals surface area contributed by atoms with Crippen LogP contribution in [-0.4, -0.2) is 44.5 Å². The zero-order valence-electron chi connectivity index (χ0n) is 15.0. The van der Waals surface area contributed by atoms with Gasteiger partial charge in [-0.2, -0.15) is 0 Å². The van der Waals surface area contributed by atoms with Crippen molar-refractivity contribution < 1.29 is 14.7 Å². The van der Waals surface area contributed by atoms with Crippen LogP contribution in [0.3, 0.4) is 0 Å². The van der Waals surface area contributed by atoms with E-state index in [0.29, 0.717) is 29.0 Å². The first kappa shape index (κ1) is 19.4. The highest BCUT2D eigenvalue weighted by atomic mass is 32.2. The lowest BCUT2D eigenvalue weighted by molar-refractivity contribution is -0.119. The van der Waals surface area contributed by atoms with E-state index in [0.717, 1.165) is 24.6 Å². The SMILES string of the molecule is CC(Sc1nc2ccccc2c(=O)n1CCCO)C(=O)NC(=O)NC1CC1. The third kappa shape index (κ3) is 4.86. The molecule has 3 rings (SSSR count). The molecule has 2 aromatic rings. The molecule has 0 radical (unpaired) electrons. The van der Waals surface area contributed by atoms with Gasteiger partial charge in [-0.1, -0.05) is 23.9 Å². The average molecular weight is 390 g/mol. The standard InChI is InChI=1S/C18H22N4O4S/c1-11(15(24)21-17(26)19-12-7-8-12)27-18-20-14-6-3-2-5-13(14)16(25)22(18)9-4-10-23/h2-3,5-6,11-12,23H,4,7-10H2,1H3,(H2,19,21,24,26). The molecule has 0 saturated heterocycles. The molecule has 0 aliphatic heterocycles. The summed E-state index contributed by atoms with van der Waals surface area (Å²) in [6, 6.07) is 6.66. The molecular weight excluding hydrogens is 368 g/mol. The lowest BCUT2D eigenvalue weighted by Gasteiger charge is -2.16. The molecule has 1 aromatic carbocycles. The molecule has 1 aliphatic carbocycles. The molecule has 1 aliphatic rings. The van der Waals surface area contributed by atoms with Crippen molar-refractivity contribution in [1.82, 2.24) is 20.2 Å². The Kier molecular flexibility index (Phi) is 6.12. The van der Waals surface area contributed by atoms with Gasteiger partial charge in [-0.25, -0.2) is 9.78 Å². The predicted molar refractivity (Wildman–Crippen MR) is 103 cm³/mol. The van der Waals surface area contributed by atoms with Gasteiger partial charge in [0, 0.05) is 19.2 Å². The van der Waals surface area contributed by atoms with E-state index < -0.39 is 17.2 Å². The number of para-hydroxylation sites is 1. The van der Waals surface area contributed by atoms with Gasteiger partial charge in [0.25, 0.3) is 5.56 Å². The maximum atomic E-state index is 12.8. The zero-order chi connectivity index (χ0) is 19.4. The van der Waals surface area contributed by atoms with Crippen LogP contribution < -0.4 is 16.2 Å². The smallest absolute Gasteiger partial charge is 0.321 e. The van der Waals surface area contributed by atoms with Crippen molar-refractivity contribution in [2.45, 2.75) is 49.2 Å². The summed E-state index contributed by atoms with van der Waals surface area (Å²) in [6.07, 6.45) is 2.27. The highest BCUT2D eigenvalue weighted by Gasteiger charge is 2.26. The van der Waals surface area contributed by atoms with Crippen LogP contribution in [-0.2, 0) is 11.3 Å². The lowest BCUT2D eigenvalue weighted by atomic mass is 10.2. The van der Waals surface area contributed by atoms with Gasteiger partial charge in [0.15, 0.2) is 5.16 Å². The van der Waals surface area contributed by atoms with Crippen LogP contribution in [0, 0.1) is 0 Å². The van der Waals surface area contributed by atoms with Gasteiger partial charge in [-0.3, -0.25) is 19.5 Å². The van der Waals surface area contributed by atoms with E-state index in [-0.39, 0.29) is 18.2 Å². The Hall–Kier alpha value is -2.39. The number of urea groups is 1. The van der Waals surface area contributed by atoms with Crippen molar-refractivity contribution in [2.24, 2.45) is 0 Å². The van der Waals surface area contributed by atoms with Crippen LogP contribution in [0.4, 0.5) is 4.79 Å². The third-order valence-electron chi connectivity index (χ3n) is 4.17. The first-order valence-electron chi connectivity index (χ1n) is 8.88. The van der Waals surface area contributed by atoms with E-state index in [9.17, 15) is 14.4 Å². The predicted octanol–water partition coefficient (Wildman–Crippen LogP) is 1.25. The number of thioether (sulfide) groups is 1. The number of imide groups is 1. The third-order valence-corrected chi connectivity index (χ3v) is 5.26. The highest BCUT2D eigenvalue weighted by Crippen LogP contribution is 2.23. The van der Waals surface area contributed by atoms with E-state index in [2.05, 4.69) is 15.6 Å². The minimum atomic E-state index is -0.622. The second-order valence-electron chi connectivity index (χ2n) is 6.44. The summed E-state index contributed by atoms with van der Waals surface area (Å²) in [5, 5.41) is 14.4. The molecule has 1 unspecified atom stereocenters. The van der Waals surface area contributed by atoms with Crippen LogP contribution >= 0.6 is 11.8 Å². The number of aliphatic hydroxyl groups is 1. The van der Waals surface area contributed by atoms with Crippen LogP contribution in [0.5, 0.6) is 0 Å². The second kappa shape index (κ2) is 8.53. The number of hydrogen-bond acceptors (Lipinski definition) is 6. The molecule has 1 heterocycles. The number of nitrogens with one attached hydrogen (secondary N) is 2. The molecule has 3 amide bonds. The summed E-state index contributed by atoms with van der Waals surface area (Å²) in [5.74, 6) is -0.450. The number of fused-ring (bicyclic) bond motifs is 1. The molecule has 1 fully saturated rings. The van der Waals surface area contributed by atoms with E-state index in [1.807, 2.05) is 0 Å². The first-order chi connectivity index (χ1) is 13.0. The fraction of sp³-hybridized carbons (Fsp3) is 0.444. The van der Waals surface area contributed by atoms with Crippen molar-refractivity contribution in [3.05, 3.63) is 34.6 Å². The minimum absolute atomic E-state index is 0.0548. The van der Waals surface area contributed by atoms with Gasteiger partial charge < -0.3 is 10.4 Å². The molecule has 0 spiro atoms. The number of benzene rings is 1. The molecule has 1 saturated carbocycles. The minimum Gasteiger partial charge on any atom is -0.396 e. The summed E-state index contributed by atoms with van der Waals surface area (Å²) in [4.78, 5) is 41.3. The first-order valence-corrected chi connectivity index (χ1v) is 9.76. The molecular formula is C18H22N4O4S. The monoisotopic (exact) mass is 390 g/mol. The highest BCUT2D eigenvalue weighted by molar-refractivity contribution is 8.00. The van der Waals surface area contributed by atoms with Crippen LogP contribution in [0.25, 0.3) is 10.9 Å². The number of rotatable bonds is 7. The van der Waals surface area contributed by atoms with Crippen molar-refractivity contribution in [2.75, 3.05) is 6.61 Å². The van der Waals surface area contributed by atoms with Crippen LogP contribution in [0.2, 0.25) is 0 Å². The Balaban J connectivity index is 1.80. The number of carbonyl (C=O) groups is 2. The van der Waals surface area contributed by atoms with E-state index in [1.54, 1.807) is 31.2 Å². The molecule has 1 aromatic heterocycles. The maximum absolute atomic E-state index is 12.8. The van der Waals surface area contributed by atoms with Crippen LogP contribution in [0.1, 0.15) is 26.2 Å². The fourth-order valence-corrected chi connectivity index (χ4v) is 3.47. The van der Waals surface area contributed by atoms with Gasteiger partial charge in [-0.15, -0.1) is 0 Å². The van der Waals surface area contributed by atoms with Gasteiger partial charge in [0.1, 0.15) is 0 Å². The Morgan fingerprint density at radius 3 is 2.81 bits per heavy atom. The summed E-state index contributed by atoms with van der Waals surface area (Å²) in [6.45, 7) is 1.90. The number of hydrogen-bond donors (Lipinski definition) is 3. The Morgan fingerprint density at radius 2 is 2.11 bits per heavy atom. The van der Waals surface area contributed by atoms with Crippen molar-refractivity contribution >= 4 is 34.6 Å². The van der Waals surface area contributed by atoms with Crippen molar-refractivity contribution in [3.63, 3.8) is 0 Å². The van der Waals surface area contributed by atoms with Crippen LogP contribution in [0.15, 0.2) is 34.2 Å². The molecule has 144 valence electrons. The lowest BCUT2D eigenvalue weighted by Crippen LogP contribution is -2.43. The number of carbonyl (C=O) groups excluding carboxylic acids is 2.